The van der Waals surface area contributed by atoms with Gasteiger partial charge in [-0.3, -0.25) is 9.36 Å². The van der Waals surface area contributed by atoms with Crippen molar-refractivity contribution in [3.8, 4) is 11.4 Å². The molecule has 0 aliphatic heterocycles. The molecule has 0 bridgehead atoms. The van der Waals surface area contributed by atoms with E-state index in [0.29, 0.717) is 15.9 Å². The Morgan fingerprint density at radius 2 is 1.97 bits per heavy atom. The number of fused-ring (bicyclic) bond motifs is 1. The lowest BCUT2D eigenvalue weighted by atomic mass is 10.2. The number of ether oxygens (including phenoxy) is 1. The number of nitrogens with zero attached hydrogens (tertiary/aromatic N) is 3. The van der Waals surface area contributed by atoms with Crippen molar-refractivity contribution in [1.82, 2.24) is 14.5 Å². The molecule has 1 N–H and O–H groups in total. The zero-order valence-corrected chi connectivity index (χ0v) is 18.9. The van der Waals surface area contributed by atoms with Crippen LogP contribution in [0.4, 0.5) is 5.69 Å². The molecule has 4 rings (SSSR count). The Morgan fingerprint density at radius 1 is 1.19 bits per heavy atom. The third-order valence-corrected chi connectivity index (χ3v) is 6.11. The third kappa shape index (κ3) is 4.52. The van der Waals surface area contributed by atoms with Crippen molar-refractivity contribution in [3.05, 3.63) is 71.4 Å². The Hall–Kier alpha value is -3.03. The quantitative estimate of drug-likeness (QED) is 0.390. The molecule has 1 unspecified atom stereocenters. The Bertz CT molecular complexity index is 1240. The lowest BCUT2D eigenvalue weighted by molar-refractivity contribution is -0.115. The van der Waals surface area contributed by atoms with Crippen LogP contribution < -0.4 is 10.1 Å². The number of benzene rings is 2. The molecule has 1 atom stereocenters. The maximum Gasteiger partial charge on any atom is 0.237 e. The molecule has 0 saturated heterocycles. The van der Waals surface area contributed by atoms with E-state index in [9.17, 15) is 4.79 Å². The van der Waals surface area contributed by atoms with E-state index in [4.69, 9.17) is 21.3 Å². The van der Waals surface area contributed by atoms with Crippen molar-refractivity contribution in [2.24, 2.45) is 0 Å². The average Bonchev–Trinajstić information content (AvgIpc) is 3.13. The first kappa shape index (κ1) is 21.2. The molecule has 0 aliphatic rings. The zero-order chi connectivity index (χ0) is 22.0. The van der Waals surface area contributed by atoms with Crippen LogP contribution in [0.3, 0.4) is 0 Å². The maximum absolute atomic E-state index is 12.8. The lowest BCUT2D eigenvalue weighted by Crippen LogP contribution is -2.23. The molecule has 31 heavy (non-hydrogen) atoms. The second kappa shape index (κ2) is 8.99. The molecular weight excluding hydrogens is 432 g/mol. The monoisotopic (exact) mass is 452 g/mol. The van der Waals surface area contributed by atoms with E-state index >= 15 is 0 Å². The number of carbonyl (C=O) groups excluding carboxylic acids is 1. The molecule has 0 radical (unpaired) electrons. The highest BCUT2D eigenvalue weighted by Crippen LogP contribution is 2.31. The van der Waals surface area contributed by atoms with Gasteiger partial charge >= 0.3 is 0 Å². The Balaban J connectivity index is 1.63. The normalized spacial score (nSPS) is 12.0. The second-order valence-corrected chi connectivity index (χ2v) is 8.72. The minimum Gasteiger partial charge on any atom is -0.497 e. The van der Waals surface area contributed by atoms with E-state index in [1.807, 2.05) is 73.0 Å². The van der Waals surface area contributed by atoms with Crippen LogP contribution in [0, 0.1) is 6.92 Å². The van der Waals surface area contributed by atoms with Crippen LogP contribution >= 0.6 is 23.4 Å². The number of aryl methyl sites for hydroxylation is 1. The van der Waals surface area contributed by atoms with Crippen molar-refractivity contribution in [2.75, 3.05) is 12.4 Å². The number of methoxy groups -OCH3 is 1. The number of nitrogens with one attached hydrogen (secondary N) is 1. The highest BCUT2D eigenvalue weighted by Gasteiger charge is 2.21. The summed E-state index contributed by atoms with van der Waals surface area (Å²) >= 11 is 7.63. The smallest absolute Gasteiger partial charge is 0.237 e. The minimum absolute atomic E-state index is 0.156. The van der Waals surface area contributed by atoms with Gasteiger partial charge in [-0.05, 0) is 67.9 Å². The summed E-state index contributed by atoms with van der Waals surface area (Å²) < 4.78 is 7.21. The van der Waals surface area contributed by atoms with Crippen LogP contribution in [0.15, 0.2) is 66.0 Å². The van der Waals surface area contributed by atoms with Gasteiger partial charge in [-0.1, -0.05) is 29.4 Å². The molecule has 0 aliphatic carbocycles. The first-order valence-electron chi connectivity index (χ1n) is 9.68. The van der Waals surface area contributed by atoms with E-state index in [1.165, 1.54) is 11.8 Å². The first-order chi connectivity index (χ1) is 15.0. The number of amides is 1. The summed E-state index contributed by atoms with van der Waals surface area (Å²) in [5.41, 5.74) is 4.00. The number of halogens is 1. The molecule has 1 amide bonds. The standard InChI is InChI=1S/C23H21ClN4O2S/c1-14-6-11-19(18(24)13-14)26-22(29)15(2)31-23-27-20-5-4-12-25-21(20)28(23)16-7-9-17(30-3)10-8-16/h4-13,15H,1-3H3,(H,26,29). The Morgan fingerprint density at radius 3 is 2.68 bits per heavy atom. The number of aromatic nitrogens is 3. The van der Waals surface area contributed by atoms with Crippen molar-refractivity contribution in [3.63, 3.8) is 0 Å². The largest absolute Gasteiger partial charge is 0.497 e. The minimum atomic E-state index is -0.411. The van der Waals surface area contributed by atoms with E-state index in [2.05, 4.69) is 10.3 Å². The summed E-state index contributed by atoms with van der Waals surface area (Å²) in [6.45, 7) is 3.79. The van der Waals surface area contributed by atoms with Gasteiger partial charge in [-0.15, -0.1) is 0 Å². The summed E-state index contributed by atoms with van der Waals surface area (Å²) in [6, 6.07) is 16.9. The van der Waals surface area contributed by atoms with Gasteiger partial charge in [0.2, 0.25) is 5.91 Å². The maximum atomic E-state index is 12.8. The molecule has 2 aromatic heterocycles. The number of hydrogen-bond acceptors (Lipinski definition) is 5. The van der Waals surface area contributed by atoms with Gasteiger partial charge in [-0.2, -0.15) is 0 Å². The molecule has 2 aromatic carbocycles. The van der Waals surface area contributed by atoms with Crippen molar-refractivity contribution >= 4 is 46.1 Å². The predicted octanol–water partition coefficient (Wildman–Crippen LogP) is 5.51. The van der Waals surface area contributed by atoms with Crippen LogP contribution in [0.25, 0.3) is 16.9 Å². The van der Waals surface area contributed by atoms with Gasteiger partial charge in [0, 0.05) is 11.9 Å². The summed E-state index contributed by atoms with van der Waals surface area (Å²) in [5.74, 6) is 0.607. The number of hydrogen-bond donors (Lipinski definition) is 1. The summed E-state index contributed by atoms with van der Waals surface area (Å²) in [7, 11) is 1.63. The summed E-state index contributed by atoms with van der Waals surface area (Å²) in [6.07, 6.45) is 1.73. The number of imidazole rings is 1. The molecular formula is C23H21ClN4O2S. The Labute approximate surface area is 189 Å². The predicted molar refractivity (Wildman–Crippen MR) is 126 cm³/mol. The van der Waals surface area contributed by atoms with Crippen LogP contribution in [0.1, 0.15) is 12.5 Å². The SMILES string of the molecule is COc1ccc(-n2c(SC(C)C(=O)Nc3ccc(C)cc3Cl)nc3cccnc32)cc1. The van der Waals surface area contributed by atoms with Gasteiger partial charge in [0.25, 0.3) is 0 Å². The molecule has 0 spiro atoms. The number of thioether (sulfide) groups is 1. The first-order valence-corrected chi connectivity index (χ1v) is 10.9. The molecule has 158 valence electrons. The number of carbonyl (C=O) groups is 1. The van der Waals surface area contributed by atoms with E-state index in [0.717, 1.165) is 28.2 Å². The topological polar surface area (TPSA) is 69.0 Å². The highest BCUT2D eigenvalue weighted by molar-refractivity contribution is 8.00. The fourth-order valence-corrected chi connectivity index (χ4v) is 4.32. The number of anilines is 1. The van der Waals surface area contributed by atoms with Gasteiger partial charge in [0.05, 0.1) is 23.1 Å². The van der Waals surface area contributed by atoms with Crippen LogP contribution in [-0.4, -0.2) is 32.8 Å². The van der Waals surface area contributed by atoms with Crippen LogP contribution in [0.5, 0.6) is 5.75 Å². The molecule has 4 aromatic rings. The van der Waals surface area contributed by atoms with Crippen molar-refractivity contribution in [1.29, 1.82) is 0 Å². The molecule has 6 nitrogen and oxygen atoms in total. The fraction of sp³-hybridized carbons (Fsp3) is 0.174. The van der Waals surface area contributed by atoms with E-state index in [-0.39, 0.29) is 5.91 Å². The van der Waals surface area contributed by atoms with Gasteiger partial charge in [0.1, 0.15) is 11.3 Å². The van der Waals surface area contributed by atoms with Crippen LogP contribution in [-0.2, 0) is 4.79 Å². The zero-order valence-electron chi connectivity index (χ0n) is 17.3. The van der Waals surface area contributed by atoms with Gasteiger partial charge in [0.15, 0.2) is 10.8 Å². The molecule has 2 heterocycles. The van der Waals surface area contributed by atoms with E-state index in [1.54, 1.807) is 13.3 Å². The van der Waals surface area contributed by atoms with E-state index < -0.39 is 5.25 Å². The van der Waals surface area contributed by atoms with Crippen molar-refractivity contribution < 1.29 is 9.53 Å². The molecule has 0 saturated carbocycles. The van der Waals surface area contributed by atoms with Gasteiger partial charge in [-0.25, -0.2) is 9.97 Å². The van der Waals surface area contributed by atoms with Gasteiger partial charge < -0.3 is 10.1 Å². The van der Waals surface area contributed by atoms with Crippen molar-refractivity contribution in [2.45, 2.75) is 24.3 Å². The second-order valence-electron chi connectivity index (χ2n) is 7.01. The fourth-order valence-electron chi connectivity index (χ4n) is 3.10. The molecule has 8 heteroatoms. The third-order valence-electron chi connectivity index (χ3n) is 4.75. The summed E-state index contributed by atoms with van der Waals surface area (Å²) in [4.78, 5) is 22.1. The summed E-state index contributed by atoms with van der Waals surface area (Å²) in [5, 5.41) is 3.69. The van der Waals surface area contributed by atoms with Crippen LogP contribution in [0.2, 0.25) is 5.02 Å². The number of rotatable bonds is 6. The average molecular weight is 453 g/mol. The Kier molecular flexibility index (Phi) is 6.15. The highest BCUT2D eigenvalue weighted by atomic mass is 35.5. The molecule has 0 fully saturated rings. The number of pyridine rings is 1. The lowest BCUT2D eigenvalue weighted by Gasteiger charge is -2.14.